The van der Waals surface area contributed by atoms with E-state index in [1.807, 2.05) is 48.7 Å². The summed E-state index contributed by atoms with van der Waals surface area (Å²) in [4.78, 5) is 16.9. The van der Waals surface area contributed by atoms with E-state index in [0.29, 0.717) is 17.3 Å². The maximum absolute atomic E-state index is 12.0. The van der Waals surface area contributed by atoms with E-state index in [0.717, 1.165) is 17.1 Å². The minimum Gasteiger partial charge on any atom is -0.492 e. The molecule has 0 atom stereocenters. The lowest BCUT2D eigenvalue weighted by Gasteiger charge is -2.12. The van der Waals surface area contributed by atoms with Gasteiger partial charge in [0.15, 0.2) is 0 Å². The quantitative estimate of drug-likeness (QED) is 0.692. The Bertz CT molecular complexity index is 801. The van der Waals surface area contributed by atoms with Gasteiger partial charge >= 0.3 is 0 Å². The summed E-state index contributed by atoms with van der Waals surface area (Å²) < 4.78 is 5.59. The molecule has 0 unspecified atom stereocenters. The van der Waals surface area contributed by atoms with E-state index >= 15 is 0 Å². The molecule has 0 aliphatic carbocycles. The molecule has 1 amide bonds. The number of ether oxygens (including phenoxy) is 1. The molecular weight excluding hydrogens is 322 g/mol. The maximum atomic E-state index is 12.0. The summed E-state index contributed by atoms with van der Waals surface area (Å²) in [5, 5.41) is 7.91. The van der Waals surface area contributed by atoms with Crippen LogP contribution >= 0.6 is 11.3 Å². The number of thiophene rings is 1. The monoisotopic (exact) mass is 339 g/mol. The summed E-state index contributed by atoms with van der Waals surface area (Å²) in [6, 6.07) is 15.0. The number of nitrogens with one attached hydrogen (secondary N) is 2. The third-order valence-corrected chi connectivity index (χ3v) is 4.08. The number of rotatable bonds is 6. The summed E-state index contributed by atoms with van der Waals surface area (Å²) in [5.41, 5.74) is 1.69. The van der Waals surface area contributed by atoms with E-state index < -0.39 is 0 Å². The number of hydrogen-bond acceptors (Lipinski definition) is 5. The molecule has 0 aliphatic rings. The number of amides is 1. The van der Waals surface area contributed by atoms with Crippen LogP contribution in [-0.2, 0) is 0 Å². The predicted octanol–water partition coefficient (Wildman–Crippen LogP) is 4.54. The van der Waals surface area contributed by atoms with Crippen LogP contribution in [-0.4, -0.2) is 17.5 Å². The average molecular weight is 339 g/mol. The molecule has 0 radical (unpaired) electrons. The molecule has 0 bridgehead atoms. The van der Waals surface area contributed by atoms with Crippen molar-refractivity contribution in [2.24, 2.45) is 0 Å². The molecule has 0 aliphatic heterocycles. The van der Waals surface area contributed by atoms with E-state index in [1.165, 1.54) is 11.3 Å². The second-order valence-electron chi connectivity index (χ2n) is 4.92. The van der Waals surface area contributed by atoms with Gasteiger partial charge in [-0.2, -0.15) is 0 Å². The molecule has 6 heteroatoms. The molecular formula is C18H17N3O2S. The molecule has 0 fully saturated rings. The molecule has 1 aromatic carbocycles. The van der Waals surface area contributed by atoms with Crippen LogP contribution in [0.1, 0.15) is 16.6 Å². The van der Waals surface area contributed by atoms with Crippen molar-refractivity contribution >= 4 is 34.4 Å². The highest BCUT2D eigenvalue weighted by Crippen LogP contribution is 2.27. The Balaban J connectivity index is 1.68. The van der Waals surface area contributed by atoms with Gasteiger partial charge in [0.05, 0.1) is 29.1 Å². The maximum Gasteiger partial charge on any atom is 0.266 e. The molecule has 0 saturated heterocycles. The van der Waals surface area contributed by atoms with Gasteiger partial charge in [-0.1, -0.05) is 18.2 Å². The summed E-state index contributed by atoms with van der Waals surface area (Å²) in [6.07, 6.45) is 1.67. The highest BCUT2D eigenvalue weighted by atomic mass is 32.1. The topological polar surface area (TPSA) is 63.2 Å². The summed E-state index contributed by atoms with van der Waals surface area (Å²) in [6.45, 7) is 2.55. The average Bonchev–Trinajstić information content (AvgIpc) is 3.13. The van der Waals surface area contributed by atoms with Crippen LogP contribution in [0.2, 0.25) is 0 Å². The van der Waals surface area contributed by atoms with E-state index in [4.69, 9.17) is 4.74 Å². The van der Waals surface area contributed by atoms with Crippen LogP contribution in [0.5, 0.6) is 5.75 Å². The van der Waals surface area contributed by atoms with Crippen LogP contribution in [0.15, 0.2) is 60.1 Å². The number of nitrogens with zero attached hydrogens (tertiary/aromatic N) is 1. The number of hydrogen-bond donors (Lipinski definition) is 2. The van der Waals surface area contributed by atoms with Crippen molar-refractivity contribution in [1.29, 1.82) is 0 Å². The van der Waals surface area contributed by atoms with Gasteiger partial charge in [0.1, 0.15) is 11.6 Å². The fourth-order valence-corrected chi connectivity index (χ4v) is 2.75. The molecule has 5 nitrogen and oxygen atoms in total. The first-order valence-electron chi connectivity index (χ1n) is 7.56. The van der Waals surface area contributed by atoms with Crippen molar-refractivity contribution in [3.05, 3.63) is 65.0 Å². The third kappa shape index (κ3) is 3.91. The zero-order chi connectivity index (χ0) is 16.8. The fourth-order valence-electron chi connectivity index (χ4n) is 2.13. The van der Waals surface area contributed by atoms with Gasteiger partial charge in [-0.15, -0.1) is 11.3 Å². The molecule has 2 heterocycles. The summed E-state index contributed by atoms with van der Waals surface area (Å²) >= 11 is 1.40. The Morgan fingerprint density at radius 1 is 1.17 bits per heavy atom. The number of anilines is 3. The fraction of sp³-hybridized carbons (Fsp3) is 0.111. The van der Waals surface area contributed by atoms with Crippen LogP contribution < -0.4 is 15.4 Å². The Kier molecular flexibility index (Phi) is 5.08. The second kappa shape index (κ2) is 7.61. The smallest absolute Gasteiger partial charge is 0.266 e. The minimum atomic E-state index is -0.153. The van der Waals surface area contributed by atoms with Gasteiger partial charge in [0, 0.05) is 0 Å². The SMILES string of the molecule is CCOc1ccccc1Nc1ccc(NC(=O)c2cccs2)nc1. The van der Waals surface area contributed by atoms with Crippen LogP contribution in [0.25, 0.3) is 0 Å². The van der Waals surface area contributed by atoms with Crippen molar-refractivity contribution in [1.82, 2.24) is 4.98 Å². The van der Waals surface area contributed by atoms with Crippen molar-refractivity contribution in [3.63, 3.8) is 0 Å². The van der Waals surface area contributed by atoms with Gasteiger partial charge in [-0.3, -0.25) is 4.79 Å². The highest BCUT2D eigenvalue weighted by Gasteiger charge is 2.08. The van der Waals surface area contributed by atoms with Gasteiger partial charge in [-0.25, -0.2) is 4.98 Å². The normalized spacial score (nSPS) is 10.2. The van der Waals surface area contributed by atoms with Gasteiger partial charge in [-0.05, 0) is 42.6 Å². The minimum absolute atomic E-state index is 0.153. The van der Waals surface area contributed by atoms with Crippen LogP contribution in [0.4, 0.5) is 17.2 Å². The van der Waals surface area contributed by atoms with E-state index in [1.54, 1.807) is 18.3 Å². The Morgan fingerprint density at radius 2 is 2.04 bits per heavy atom. The molecule has 122 valence electrons. The standard InChI is InChI=1S/C18H17N3O2S/c1-2-23-15-7-4-3-6-14(15)20-13-9-10-17(19-12-13)21-18(22)16-8-5-11-24-16/h3-12,20H,2H2,1H3,(H,19,21,22). The van der Waals surface area contributed by atoms with Gasteiger partial charge in [0.25, 0.3) is 5.91 Å². The number of benzene rings is 1. The first kappa shape index (κ1) is 16.0. The number of carbonyl (C=O) groups excluding carboxylic acids is 1. The molecule has 3 rings (SSSR count). The Labute approximate surface area is 144 Å². The first-order valence-corrected chi connectivity index (χ1v) is 8.44. The molecule has 0 saturated carbocycles. The molecule has 3 aromatic rings. The zero-order valence-electron chi connectivity index (χ0n) is 13.2. The molecule has 2 N–H and O–H groups in total. The Hall–Kier alpha value is -2.86. The molecule has 24 heavy (non-hydrogen) atoms. The van der Waals surface area contributed by atoms with Crippen LogP contribution in [0.3, 0.4) is 0 Å². The van der Waals surface area contributed by atoms with E-state index in [-0.39, 0.29) is 5.91 Å². The zero-order valence-corrected chi connectivity index (χ0v) is 14.0. The number of aromatic nitrogens is 1. The Morgan fingerprint density at radius 3 is 2.75 bits per heavy atom. The summed E-state index contributed by atoms with van der Waals surface area (Å²) in [7, 11) is 0. The number of pyridine rings is 1. The van der Waals surface area contributed by atoms with E-state index in [9.17, 15) is 4.79 Å². The second-order valence-corrected chi connectivity index (χ2v) is 5.87. The largest absolute Gasteiger partial charge is 0.492 e. The van der Waals surface area contributed by atoms with Crippen LogP contribution in [0, 0.1) is 0 Å². The highest BCUT2D eigenvalue weighted by molar-refractivity contribution is 7.12. The van der Waals surface area contributed by atoms with Crippen molar-refractivity contribution in [3.8, 4) is 5.75 Å². The lowest BCUT2D eigenvalue weighted by atomic mass is 10.2. The predicted molar refractivity (Wildman–Crippen MR) is 97.4 cm³/mol. The van der Waals surface area contributed by atoms with Gasteiger partial charge < -0.3 is 15.4 Å². The first-order chi connectivity index (χ1) is 11.8. The van der Waals surface area contributed by atoms with Crippen molar-refractivity contribution in [2.45, 2.75) is 6.92 Å². The lowest BCUT2D eigenvalue weighted by molar-refractivity contribution is 0.103. The number of carbonyl (C=O) groups is 1. The molecule has 2 aromatic heterocycles. The van der Waals surface area contributed by atoms with Crippen molar-refractivity contribution in [2.75, 3.05) is 17.2 Å². The van der Waals surface area contributed by atoms with Crippen molar-refractivity contribution < 1.29 is 9.53 Å². The van der Waals surface area contributed by atoms with E-state index in [2.05, 4.69) is 15.6 Å². The molecule has 0 spiro atoms. The number of para-hydroxylation sites is 2. The summed E-state index contributed by atoms with van der Waals surface area (Å²) in [5.74, 6) is 1.15. The van der Waals surface area contributed by atoms with Gasteiger partial charge in [0.2, 0.25) is 0 Å². The lowest BCUT2D eigenvalue weighted by Crippen LogP contribution is -2.11. The third-order valence-electron chi connectivity index (χ3n) is 3.22.